The highest BCUT2D eigenvalue weighted by molar-refractivity contribution is 5.97. The Balaban J connectivity index is 2.55. The molecule has 0 saturated heterocycles. The van der Waals surface area contributed by atoms with Crippen LogP contribution in [-0.4, -0.2) is 162 Å². The van der Waals surface area contributed by atoms with Gasteiger partial charge in [-0.2, -0.15) is 0 Å². The number of pyridine rings is 1. The van der Waals surface area contributed by atoms with E-state index in [0.717, 1.165) is 5.56 Å². The quantitative estimate of drug-likeness (QED) is 0.0375. The maximum Gasteiger partial charge on any atom is 0.305 e. The normalized spacial score (nSPS) is 12.6. The third-order valence-corrected chi connectivity index (χ3v) is 11.7. The summed E-state index contributed by atoms with van der Waals surface area (Å²) < 4.78 is 6.01. The molecule has 12 N–H and O–H groups in total. The van der Waals surface area contributed by atoms with Crippen LogP contribution in [0.1, 0.15) is 133 Å². The van der Waals surface area contributed by atoms with Crippen molar-refractivity contribution >= 4 is 76.6 Å². The van der Waals surface area contributed by atoms with Gasteiger partial charge >= 0.3 is 5.97 Å². The molecule has 1 aromatic heterocycles. The number of hydrogen-bond acceptors (Lipinski definition) is 15. The molecule has 0 aliphatic rings. The van der Waals surface area contributed by atoms with E-state index in [1.54, 1.807) is 33.9 Å². The van der Waals surface area contributed by atoms with Crippen molar-refractivity contribution in [2.45, 2.75) is 169 Å². The second kappa shape index (κ2) is 33.8. The summed E-state index contributed by atoms with van der Waals surface area (Å²) in [6, 6.07) is -0.272. The standard InChI is InChI=1S/C52H86N12O14/c1-31(2)23-35(47(75)58-29-44(71)64-52(11,12)49(77)59-30-43(70)63-50(7,8)19-22-78-51(9,10)18-16-37(65)32(3)4)61-42(69)28-56-46(74)34(6)60-40(67)27-57-48(76)36(25-45(72)73)62-41(68)26-55-39(66)15-13-14-20-53-38-24-33(5)17-21-54-38/h17,21,24,31-32,34-36H,13-16,18-20,22-23,25-30H2,1-12H3,(H,53,54)(H,55,66)(H,56,74)(H,57,76)(H,58,75)(H,59,77)(H,60,67)(H,61,69)(H,62,68)(H,63,70)(H,64,71)(H,72,73)/t34-,35-,36-/m0/s1. The summed E-state index contributed by atoms with van der Waals surface area (Å²) >= 11 is 0. The Bertz CT molecular complexity index is 2250. The van der Waals surface area contributed by atoms with Crippen LogP contribution in [0.4, 0.5) is 5.82 Å². The van der Waals surface area contributed by atoms with Crippen molar-refractivity contribution in [2.75, 3.05) is 51.2 Å². The van der Waals surface area contributed by atoms with Crippen LogP contribution in [0.3, 0.4) is 0 Å². The third-order valence-electron chi connectivity index (χ3n) is 11.7. The number of Topliss-reactive ketones (excluding diaryl/α,β-unsaturated/α-hetero) is 1. The number of carboxylic acids is 1. The number of aromatic nitrogens is 1. The van der Waals surface area contributed by atoms with E-state index in [-0.39, 0.29) is 30.5 Å². The predicted molar refractivity (Wildman–Crippen MR) is 288 cm³/mol. The topological polar surface area (TPSA) is 380 Å². The van der Waals surface area contributed by atoms with E-state index in [4.69, 9.17) is 4.74 Å². The number of unbranched alkanes of at least 4 members (excludes halogenated alkanes) is 1. The van der Waals surface area contributed by atoms with Crippen LogP contribution in [-0.2, 0) is 62.3 Å². The van der Waals surface area contributed by atoms with Gasteiger partial charge in [0.2, 0.25) is 59.1 Å². The molecular formula is C52H86N12O14. The molecule has 1 rings (SSSR count). The molecule has 0 spiro atoms. The zero-order valence-electron chi connectivity index (χ0n) is 47.4. The van der Waals surface area contributed by atoms with Gasteiger partial charge in [-0.3, -0.25) is 57.5 Å². The second-order valence-electron chi connectivity index (χ2n) is 21.6. The molecule has 1 aromatic rings. The molecule has 78 heavy (non-hydrogen) atoms. The van der Waals surface area contributed by atoms with E-state index in [2.05, 4.69) is 63.5 Å². The number of carboxylic acid groups (broad SMARTS) is 1. The van der Waals surface area contributed by atoms with Crippen LogP contribution >= 0.6 is 0 Å². The fourth-order valence-electron chi connectivity index (χ4n) is 7.05. The average Bonchev–Trinajstić information content (AvgIpc) is 3.33. The van der Waals surface area contributed by atoms with Gasteiger partial charge in [-0.25, -0.2) is 4.98 Å². The van der Waals surface area contributed by atoms with Crippen molar-refractivity contribution < 1.29 is 67.4 Å². The minimum atomic E-state index is -1.62. The lowest BCUT2D eigenvalue weighted by Crippen LogP contribution is -2.58. The van der Waals surface area contributed by atoms with E-state index in [1.807, 2.05) is 46.8 Å². The van der Waals surface area contributed by atoms with Gasteiger partial charge < -0.3 is 68.3 Å². The monoisotopic (exact) mass is 1100 g/mol. The summed E-state index contributed by atoms with van der Waals surface area (Å²) in [6.07, 6.45) is 3.61. The largest absolute Gasteiger partial charge is 0.481 e. The van der Waals surface area contributed by atoms with Crippen LogP contribution in [0, 0.1) is 18.8 Å². The maximum atomic E-state index is 13.2. The zero-order chi connectivity index (χ0) is 59.4. The Morgan fingerprint density at radius 1 is 0.615 bits per heavy atom. The summed E-state index contributed by atoms with van der Waals surface area (Å²) in [5.74, 6) is -8.23. The van der Waals surface area contributed by atoms with E-state index < -0.39 is 139 Å². The number of amides is 10. The molecule has 26 nitrogen and oxygen atoms in total. The molecule has 438 valence electrons. The Morgan fingerprint density at radius 3 is 1.74 bits per heavy atom. The van der Waals surface area contributed by atoms with Crippen LogP contribution in [0.15, 0.2) is 18.3 Å². The molecule has 26 heteroatoms. The van der Waals surface area contributed by atoms with E-state index in [0.29, 0.717) is 51.1 Å². The molecule has 10 amide bonds. The number of nitrogens with zero attached hydrogens (tertiary/aromatic N) is 1. The fraction of sp³-hybridized carbons (Fsp3) is 0.673. The summed E-state index contributed by atoms with van der Waals surface area (Å²) in [4.78, 5) is 155. The number of hydrogen-bond donors (Lipinski definition) is 12. The van der Waals surface area contributed by atoms with Crippen molar-refractivity contribution in [3.63, 3.8) is 0 Å². The van der Waals surface area contributed by atoms with Gasteiger partial charge in [0.05, 0.1) is 44.7 Å². The predicted octanol–water partition coefficient (Wildman–Crippen LogP) is -0.471. The first-order valence-electron chi connectivity index (χ1n) is 26.1. The Kier molecular flexibility index (Phi) is 29.8. The fourth-order valence-corrected chi connectivity index (χ4v) is 7.05. The molecule has 1 heterocycles. The van der Waals surface area contributed by atoms with Crippen LogP contribution < -0.4 is 58.5 Å². The highest BCUT2D eigenvalue weighted by Gasteiger charge is 2.32. The Hall–Kier alpha value is -7.25. The average molecular weight is 1100 g/mol. The summed E-state index contributed by atoms with van der Waals surface area (Å²) in [6.45, 7) is 18.7. The van der Waals surface area contributed by atoms with Crippen LogP contribution in [0.5, 0.6) is 0 Å². The van der Waals surface area contributed by atoms with E-state index >= 15 is 0 Å². The number of anilines is 1. The Labute approximate surface area is 457 Å². The number of aliphatic carboxylic acids is 1. The SMILES string of the molecule is Cc1ccnc(NCCCCC(=O)NCC(=O)N[C@@H](CC(=O)O)C(=O)NCC(=O)N[C@@H](C)C(=O)NCC(=O)N[C@@H](CC(C)C)C(=O)NCC(=O)NC(C)(C)C(=O)NCC(=O)NC(C)(C)CCOC(C)(C)CCC(=O)C(C)C)c1. The molecule has 0 fully saturated rings. The summed E-state index contributed by atoms with van der Waals surface area (Å²) in [5.41, 5.74) is -1.72. The van der Waals surface area contributed by atoms with Crippen molar-refractivity contribution in [1.82, 2.24) is 58.2 Å². The van der Waals surface area contributed by atoms with Gasteiger partial charge in [0.15, 0.2) is 0 Å². The van der Waals surface area contributed by atoms with Crippen molar-refractivity contribution in [1.29, 1.82) is 0 Å². The number of ether oxygens (including phenoxy) is 1. The first-order valence-corrected chi connectivity index (χ1v) is 26.1. The van der Waals surface area contributed by atoms with Crippen LogP contribution in [0.25, 0.3) is 0 Å². The minimum absolute atomic E-state index is 0.0526. The van der Waals surface area contributed by atoms with E-state index in [9.17, 15) is 62.6 Å². The third kappa shape index (κ3) is 30.5. The molecular weight excluding hydrogens is 1020 g/mol. The van der Waals surface area contributed by atoms with Crippen molar-refractivity contribution in [3.8, 4) is 0 Å². The lowest BCUT2D eigenvalue weighted by molar-refractivity contribution is -0.141. The number of carbonyl (C=O) groups excluding carboxylic acids is 11. The second-order valence-corrected chi connectivity index (χ2v) is 21.6. The molecule has 0 unspecified atom stereocenters. The first kappa shape index (κ1) is 68.8. The maximum absolute atomic E-state index is 13.2. The first-order chi connectivity index (χ1) is 36.2. The molecule has 0 aromatic carbocycles. The van der Waals surface area contributed by atoms with Gasteiger partial charge in [0.25, 0.3) is 0 Å². The molecule has 0 bridgehead atoms. The molecule has 0 radical (unpaired) electrons. The molecule has 3 atom stereocenters. The number of rotatable bonds is 37. The lowest BCUT2D eigenvalue weighted by Gasteiger charge is -2.30. The van der Waals surface area contributed by atoms with E-state index in [1.165, 1.54) is 20.8 Å². The van der Waals surface area contributed by atoms with Gasteiger partial charge in [-0.05, 0) is 111 Å². The van der Waals surface area contributed by atoms with Gasteiger partial charge in [0.1, 0.15) is 35.3 Å². The number of carbonyl (C=O) groups is 12. The highest BCUT2D eigenvalue weighted by Crippen LogP contribution is 2.20. The number of nitrogens with one attached hydrogen (secondary N) is 11. The smallest absolute Gasteiger partial charge is 0.305 e. The van der Waals surface area contributed by atoms with Crippen LogP contribution in [0.2, 0.25) is 0 Å². The lowest BCUT2D eigenvalue weighted by atomic mass is 9.96. The summed E-state index contributed by atoms with van der Waals surface area (Å²) in [5, 5.41) is 36.7. The summed E-state index contributed by atoms with van der Waals surface area (Å²) in [7, 11) is 0. The number of aryl methyl sites for hydroxylation is 1. The van der Waals surface area contributed by atoms with Crippen molar-refractivity contribution in [3.05, 3.63) is 23.9 Å². The Morgan fingerprint density at radius 2 is 1.15 bits per heavy atom. The molecule has 0 saturated carbocycles. The highest BCUT2D eigenvalue weighted by atomic mass is 16.5. The molecule has 0 aliphatic heterocycles. The minimum Gasteiger partial charge on any atom is -0.481 e. The molecule has 0 aliphatic carbocycles. The van der Waals surface area contributed by atoms with Gasteiger partial charge in [-0.15, -0.1) is 0 Å². The number of ketones is 1. The zero-order valence-corrected chi connectivity index (χ0v) is 47.4. The van der Waals surface area contributed by atoms with Gasteiger partial charge in [-0.1, -0.05) is 27.7 Å². The van der Waals surface area contributed by atoms with Gasteiger partial charge in [0, 0.05) is 43.6 Å². The van der Waals surface area contributed by atoms with Crippen molar-refractivity contribution in [2.24, 2.45) is 11.8 Å².